The second-order valence-corrected chi connectivity index (χ2v) is 14.9. The Kier molecular flexibility index (Phi) is 39.0. The van der Waals surface area contributed by atoms with Crippen LogP contribution in [0.25, 0.3) is 0 Å². The molecule has 0 aliphatic heterocycles. The molecule has 0 radical (unpaired) electrons. The lowest BCUT2D eigenvalue weighted by Gasteiger charge is -2.18. The maximum Gasteiger partial charge on any atom is 0.306 e. The minimum atomic E-state index is -0.690. The van der Waals surface area contributed by atoms with E-state index in [1.54, 1.807) is 0 Å². The summed E-state index contributed by atoms with van der Waals surface area (Å²) in [7, 11) is 0. The molecule has 0 spiro atoms. The van der Waals surface area contributed by atoms with Gasteiger partial charge < -0.3 is 9.84 Å². The number of carboxylic acids is 1. The Balaban J connectivity index is 3.93. The highest BCUT2D eigenvalue weighted by molar-refractivity contribution is 5.69. The summed E-state index contributed by atoms with van der Waals surface area (Å²) in [6.45, 7) is 4.56. The fourth-order valence-corrected chi connectivity index (χ4v) is 6.77. The molecule has 4 heteroatoms. The van der Waals surface area contributed by atoms with Crippen LogP contribution in [-0.2, 0) is 14.3 Å². The smallest absolute Gasteiger partial charge is 0.306 e. The molecule has 0 bridgehead atoms. The summed E-state index contributed by atoms with van der Waals surface area (Å²) >= 11 is 0. The third-order valence-electron chi connectivity index (χ3n) is 9.99. The molecule has 0 saturated heterocycles. The van der Waals surface area contributed by atoms with Gasteiger partial charge in [-0.15, -0.1) is 0 Å². The van der Waals surface area contributed by atoms with Gasteiger partial charge in [0.05, 0.1) is 0 Å². The van der Waals surface area contributed by atoms with Gasteiger partial charge in [0.25, 0.3) is 0 Å². The van der Waals surface area contributed by atoms with Crippen LogP contribution in [0.15, 0.2) is 12.2 Å². The number of esters is 1. The highest BCUT2D eigenvalue weighted by Crippen LogP contribution is 2.19. The summed E-state index contributed by atoms with van der Waals surface area (Å²) in [5, 5.41) is 8.80. The molecule has 0 aliphatic carbocycles. The van der Waals surface area contributed by atoms with Crippen LogP contribution < -0.4 is 0 Å². The van der Waals surface area contributed by atoms with E-state index >= 15 is 0 Å². The van der Waals surface area contributed by atoms with Crippen LogP contribution in [-0.4, -0.2) is 23.1 Å². The van der Waals surface area contributed by atoms with Crippen molar-refractivity contribution < 1.29 is 19.4 Å². The van der Waals surface area contributed by atoms with Crippen molar-refractivity contribution in [3.05, 3.63) is 12.2 Å². The quantitative estimate of drug-likeness (QED) is 0.0398. The second-order valence-electron chi connectivity index (χ2n) is 14.9. The summed E-state index contributed by atoms with van der Waals surface area (Å²) in [4.78, 5) is 23.4. The van der Waals surface area contributed by atoms with Crippen molar-refractivity contribution >= 4 is 11.9 Å². The first kappa shape index (κ1) is 46.7. The van der Waals surface area contributed by atoms with Crippen LogP contribution in [0.1, 0.15) is 251 Å². The Labute approximate surface area is 300 Å². The van der Waals surface area contributed by atoms with E-state index in [2.05, 4.69) is 26.0 Å². The lowest BCUT2D eigenvalue weighted by atomic mass is 10.0. The van der Waals surface area contributed by atoms with Gasteiger partial charge in [-0.05, 0) is 64.2 Å². The SMILES string of the molecule is CCCCCCCC/C=C\CCCCCCCCCCCC(=O)OC(CCCCCCCCCCCC)CCCCCCCCC(=O)O. The van der Waals surface area contributed by atoms with Crippen LogP contribution in [0.2, 0.25) is 0 Å². The molecule has 0 aromatic rings. The van der Waals surface area contributed by atoms with Crippen molar-refractivity contribution in [1.82, 2.24) is 0 Å². The lowest BCUT2D eigenvalue weighted by molar-refractivity contribution is -0.150. The molecular weight excluding hydrogens is 592 g/mol. The van der Waals surface area contributed by atoms with Gasteiger partial charge in [-0.2, -0.15) is 0 Å². The summed E-state index contributed by atoms with van der Waals surface area (Å²) < 4.78 is 6.03. The van der Waals surface area contributed by atoms with Gasteiger partial charge in [-0.1, -0.05) is 187 Å². The van der Waals surface area contributed by atoms with Gasteiger partial charge in [-0.3, -0.25) is 9.59 Å². The summed E-state index contributed by atoms with van der Waals surface area (Å²) in [5.41, 5.74) is 0. The number of carboxylic acid groups (broad SMARTS) is 1. The maximum atomic E-state index is 12.7. The molecule has 1 atom stereocenters. The molecule has 0 aromatic heterocycles. The van der Waals surface area contributed by atoms with Crippen LogP contribution >= 0.6 is 0 Å². The van der Waals surface area contributed by atoms with E-state index < -0.39 is 5.97 Å². The van der Waals surface area contributed by atoms with E-state index in [0.717, 1.165) is 64.2 Å². The summed E-state index contributed by atoms with van der Waals surface area (Å²) in [5.74, 6) is -0.674. The monoisotopic (exact) mass is 677 g/mol. The largest absolute Gasteiger partial charge is 0.481 e. The number of carbonyl (C=O) groups excluding carboxylic acids is 1. The first-order valence-electron chi connectivity index (χ1n) is 21.7. The molecule has 284 valence electrons. The van der Waals surface area contributed by atoms with E-state index in [1.807, 2.05) is 0 Å². The van der Waals surface area contributed by atoms with E-state index in [4.69, 9.17) is 9.84 Å². The van der Waals surface area contributed by atoms with E-state index in [9.17, 15) is 9.59 Å². The van der Waals surface area contributed by atoms with Crippen molar-refractivity contribution in [3.8, 4) is 0 Å². The van der Waals surface area contributed by atoms with Gasteiger partial charge in [0.1, 0.15) is 6.10 Å². The van der Waals surface area contributed by atoms with Crippen LogP contribution in [0.4, 0.5) is 0 Å². The third kappa shape index (κ3) is 39.1. The van der Waals surface area contributed by atoms with Gasteiger partial charge in [0.15, 0.2) is 0 Å². The molecule has 48 heavy (non-hydrogen) atoms. The molecule has 1 unspecified atom stereocenters. The Morgan fingerprint density at radius 1 is 0.438 bits per heavy atom. The van der Waals surface area contributed by atoms with Crippen molar-refractivity contribution in [2.75, 3.05) is 0 Å². The topological polar surface area (TPSA) is 63.6 Å². The minimum absolute atomic E-state index is 0.0155. The lowest BCUT2D eigenvalue weighted by Crippen LogP contribution is -2.18. The zero-order chi connectivity index (χ0) is 35.0. The first-order valence-corrected chi connectivity index (χ1v) is 21.7. The molecule has 0 saturated carbocycles. The standard InChI is InChI=1S/C44H84O4/c1-3-5-7-9-11-13-15-16-17-18-19-20-21-22-23-25-27-33-37-41-44(47)48-42(39-35-31-28-29-32-36-40-43(45)46)38-34-30-26-24-14-12-10-8-6-4-2/h16-17,42H,3-15,18-41H2,1-2H3,(H,45,46)/b17-16-. The average Bonchev–Trinajstić information content (AvgIpc) is 3.07. The predicted octanol–water partition coefficient (Wildman–Crippen LogP) is 15.0. The van der Waals surface area contributed by atoms with Gasteiger partial charge in [0.2, 0.25) is 0 Å². The zero-order valence-electron chi connectivity index (χ0n) is 32.6. The number of ether oxygens (including phenoxy) is 1. The molecule has 0 fully saturated rings. The molecule has 0 aromatic carbocycles. The van der Waals surface area contributed by atoms with E-state index in [-0.39, 0.29) is 18.5 Å². The Bertz CT molecular complexity index is 687. The molecule has 0 aliphatic rings. The van der Waals surface area contributed by atoms with Crippen LogP contribution in [0.3, 0.4) is 0 Å². The number of carbonyl (C=O) groups is 2. The third-order valence-corrected chi connectivity index (χ3v) is 9.99. The fourth-order valence-electron chi connectivity index (χ4n) is 6.77. The van der Waals surface area contributed by atoms with Gasteiger partial charge in [0, 0.05) is 12.8 Å². The Hall–Kier alpha value is -1.32. The normalized spacial score (nSPS) is 12.2. The molecule has 4 nitrogen and oxygen atoms in total. The molecule has 0 heterocycles. The van der Waals surface area contributed by atoms with Crippen molar-refractivity contribution in [1.29, 1.82) is 0 Å². The van der Waals surface area contributed by atoms with Gasteiger partial charge in [-0.25, -0.2) is 0 Å². The molecule has 1 N–H and O–H groups in total. The Morgan fingerprint density at radius 2 is 0.750 bits per heavy atom. The molecular formula is C44H84O4. The first-order chi connectivity index (χ1) is 23.6. The number of hydrogen-bond acceptors (Lipinski definition) is 3. The maximum absolute atomic E-state index is 12.7. The zero-order valence-corrected chi connectivity index (χ0v) is 32.6. The van der Waals surface area contributed by atoms with Crippen LogP contribution in [0, 0.1) is 0 Å². The highest BCUT2D eigenvalue weighted by atomic mass is 16.5. The minimum Gasteiger partial charge on any atom is -0.481 e. The van der Waals surface area contributed by atoms with Gasteiger partial charge >= 0.3 is 11.9 Å². The second kappa shape index (κ2) is 40.1. The molecule has 0 rings (SSSR count). The van der Waals surface area contributed by atoms with Crippen molar-refractivity contribution in [3.63, 3.8) is 0 Å². The summed E-state index contributed by atoms with van der Waals surface area (Å²) in [6, 6.07) is 0. The van der Waals surface area contributed by atoms with Crippen molar-refractivity contribution in [2.24, 2.45) is 0 Å². The summed E-state index contributed by atoms with van der Waals surface area (Å²) in [6.07, 6.45) is 49.6. The van der Waals surface area contributed by atoms with Crippen LogP contribution in [0.5, 0.6) is 0 Å². The number of rotatable bonds is 40. The van der Waals surface area contributed by atoms with Crippen molar-refractivity contribution in [2.45, 2.75) is 258 Å². The highest BCUT2D eigenvalue weighted by Gasteiger charge is 2.14. The van der Waals surface area contributed by atoms with E-state index in [1.165, 1.54) is 161 Å². The fraction of sp³-hybridized carbons (Fsp3) is 0.909. The number of unbranched alkanes of at least 4 members (excludes halogenated alkanes) is 29. The molecule has 0 amide bonds. The average molecular weight is 677 g/mol. The Morgan fingerprint density at radius 3 is 1.12 bits per heavy atom. The number of hydrogen-bond donors (Lipinski definition) is 1. The number of aliphatic carboxylic acids is 1. The van der Waals surface area contributed by atoms with E-state index in [0.29, 0.717) is 6.42 Å². The predicted molar refractivity (Wildman–Crippen MR) is 209 cm³/mol. The number of allylic oxidation sites excluding steroid dienone is 2.